The van der Waals surface area contributed by atoms with Gasteiger partial charge in [0.25, 0.3) is 0 Å². The third-order valence-corrected chi connectivity index (χ3v) is 2.66. The van der Waals surface area contributed by atoms with Crippen LogP contribution in [0.2, 0.25) is 0 Å². The van der Waals surface area contributed by atoms with Gasteiger partial charge in [0, 0.05) is 17.1 Å². The fourth-order valence-electron chi connectivity index (χ4n) is 1.79. The number of hydrogen-bond acceptors (Lipinski definition) is 2. The van der Waals surface area contributed by atoms with Crippen LogP contribution in [0.25, 0.3) is 10.9 Å². The van der Waals surface area contributed by atoms with Crippen molar-refractivity contribution in [3.8, 4) is 0 Å². The average molecular weight is 218 g/mol. The van der Waals surface area contributed by atoms with Crippen molar-refractivity contribution < 1.29 is 9.90 Å². The molecule has 0 aliphatic rings. The van der Waals surface area contributed by atoms with Gasteiger partial charge < -0.3 is 15.4 Å². The summed E-state index contributed by atoms with van der Waals surface area (Å²) >= 11 is 0. The summed E-state index contributed by atoms with van der Waals surface area (Å²) in [5.74, 6) is -0.895. The molecule has 0 saturated heterocycles. The topological polar surface area (TPSA) is 65.1 Å². The highest BCUT2D eigenvalue weighted by molar-refractivity contribution is 5.94. The number of carbonyl (C=O) groups is 1. The number of carboxylic acid groups (broad SMARTS) is 1. The second-order valence-electron chi connectivity index (χ2n) is 3.73. The van der Waals surface area contributed by atoms with Crippen LogP contribution in [0.5, 0.6) is 0 Å². The lowest BCUT2D eigenvalue weighted by Gasteiger charge is -1.99. The third-order valence-electron chi connectivity index (χ3n) is 2.66. The Morgan fingerprint density at radius 3 is 3.00 bits per heavy atom. The summed E-state index contributed by atoms with van der Waals surface area (Å²) in [6.45, 7) is 0.910. The number of aromatic nitrogens is 1. The summed E-state index contributed by atoms with van der Waals surface area (Å²) in [5, 5.41) is 13.1. The van der Waals surface area contributed by atoms with Crippen LogP contribution in [0.4, 0.5) is 0 Å². The lowest BCUT2D eigenvalue weighted by atomic mass is 10.1. The molecule has 0 fully saturated rings. The van der Waals surface area contributed by atoms with Gasteiger partial charge in [-0.05, 0) is 37.7 Å². The highest BCUT2D eigenvalue weighted by atomic mass is 16.4. The Morgan fingerprint density at radius 2 is 2.31 bits per heavy atom. The van der Waals surface area contributed by atoms with Gasteiger partial charge in [0.15, 0.2) is 0 Å². The number of benzene rings is 1. The predicted molar refractivity (Wildman–Crippen MR) is 62.9 cm³/mol. The molecule has 0 amide bonds. The quantitative estimate of drug-likeness (QED) is 0.730. The predicted octanol–water partition coefficient (Wildman–Crippen LogP) is 1.63. The number of rotatable bonds is 4. The van der Waals surface area contributed by atoms with E-state index in [1.807, 2.05) is 19.3 Å². The van der Waals surface area contributed by atoms with Crippen LogP contribution in [0.1, 0.15) is 15.9 Å². The summed E-state index contributed by atoms with van der Waals surface area (Å²) in [7, 11) is 1.91. The third kappa shape index (κ3) is 1.92. The first-order valence-electron chi connectivity index (χ1n) is 5.20. The van der Waals surface area contributed by atoms with Crippen LogP contribution in [0.3, 0.4) is 0 Å². The number of hydrogen-bond donors (Lipinski definition) is 3. The number of nitrogens with one attached hydrogen (secondary N) is 2. The van der Waals surface area contributed by atoms with Gasteiger partial charge in [-0.3, -0.25) is 0 Å². The van der Waals surface area contributed by atoms with Gasteiger partial charge in [0.1, 0.15) is 0 Å². The molecule has 16 heavy (non-hydrogen) atoms. The van der Waals surface area contributed by atoms with Crippen LogP contribution in [-0.2, 0) is 6.42 Å². The summed E-state index contributed by atoms with van der Waals surface area (Å²) in [4.78, 5) is 13.9. The number of aromatic carboxylic acids is 1. The van der Waals surface area contributed by atoms with E-state index in [4.69, 9.17) is 5.11 Å². The zero-order valence-corrected chi connectivity index (χ0v) is 9.08. The van der Waals surface area contributed by atoms with Crippen molar-refractivity contribution in [3.63, 3.8) is 0 Å². The van der Waals surface area contributed by atoms with E-state index in [1.54, 1.807) is 12.1 Å². The zero-order chi connectivity index (χ0) is 11.5. The van der Waals surface area contributed by atoms with E-state index in [9.17, 15) is 4.79 Å². The van der Waals surface area contributed by atoms with E-state index < -0.39 is 5.97 Å². The molecule has 0 unspecified atom stereocenters. The number of likely N-dealkylation sites (N-methyl/N-ethyl adjacent to an activating group) is 1. The SMILES string of the molecule is CNCCc1c[nH]c2cc(C(=O)O)ccc12. The molecule has 0 spiro atoms. The summed E-state index contributed by atoms with van der Waals surface area (Å²) < 4.78 is 0. The van der Waals surface area contributed by atoms with Crippen LogP contribution in [0.15, 0.2) is 24.4 Å². The first-order chi connectivity index (χ1) is 7.72. The number of aromatic amines is 1. The molecule has 0 atom stereocenters. The van der Waals surface area contributed by atoms with Gasteiger partial charge >= 0.3 is 5.97 Å². The van der Waals surface area contributed by atoms with Crippen molar-refractivity contribution in [2.45, 2.75) is 6.42 Å². The Kier molecular flexibility index (Phi) is 2.92. The van der Waals surface area contributed by atoms with Crippen molar-refractivity contribution >= 4 is 16.9 Å². The average Bonchev–Trinajstić information content (AvgIpc) is 2.68. The maximum atomic E-state index is 10.8. The molecule has 84 valence electrons. The van der Waals surface area contributed by atoms with Gasteiger partial charge in [-0.2, -0.15) is 0 Å². The first kappa shape index (κ1) is 10.7. The van der Waals surface area contributed by atoms with Crippen LogP contribution in [-0.4, -0.2) is 29.7 Å². The molecule has 3 N–H and O–H groups in total. The monoisotopic (exact) mass is 218 g/mol. The number of fused-ring (bicyclic) bond motifs is 1. The Balaban J connectivity index is 2.38. The fourth-order valence-corrected chi connectivity index (χ4v) is 1.79. The summed E-state index contributed by atoms with van der Waals surface area (Å²) in [6, 6.07) is 5.17. The number of carboxylic acids is 1. The minimum atomic E-state index is -0.895. The second-order valence-corrected chi connectivity index (χ2v) is 3.73. The molecule has 0 radical (unpaired) electrons. The van der Waals surface area contributed by atoms with Gasteiger partial charge in [-0.15, -0.1) is 0 Å². The Morgan fingerprint density at radius 1 is 1.50 bits per heavy atom. The van der Waals surface area contributed by atoms with Crippen molar-refractivity contribution in [1.29, 1.82) is 0 Å². The van der Waals surface area contributed by atoms with Gasteiger partial charge in [-0.25, -0.2) is 4.79 Å². The van der Waals surface area contributed by atoms with Crippen LogP contribution >= 0.6 is 0 Å². The molecule has 0 saturated carbocycles. The van der Waals surface area contributed by atoms with E-state index in [0.29, 0.717) is 5.56 Å². The lowest BCUT2D eigenvalue weighted by molar-refractivity contribution is 0.0697. The van der Waals surface area contributed by atoms with Crippen LogP contribution in [0, 0.1) is 0 Å². The molecule has 2 aromatic rings. The van der Waals surface area contributed by atoms with E-state index in [1.165, 1.54) is 5.56 Å². The van der Waals surface area contributed by atoms with E-state index in [-0.39, 0.29) is 0 Å². The molecule has 4 heteroatoms. The minimum absolute atomic E-state index is 0.314. The Bertz CT molecular complexity index is 517. The smallest absolute Gasteiger partial charge is 0.335 e. The molecule has 4 nitrogen and oxygen atoms in total. The second kappa shape index (κ2) is 4.37. The van der Waals surface area contributed by atoms with Gasteiger partial charge in [0.05, 0.1) is 5.56 Å². The van der Waals surface area contributed by atoms with Gasteiger partial charge in [0.2, 0.25) is 0 Å². The molecule has 0 aliphatic heterocycles. The zero-order valence-electron chi connectivity index (χ0n) is 9.08. The van der Waals surface area contributed by atoms with E-state index in [2.05, 4.69) is 10.3 Å². The number of H-pyrrole nitrogens is 1. The molecule has 0 aliphatic carbocycles. The molecule has 1 heterocycles. The van der Waals surface area contributed by atoms with Crippen LogP contribution < -0.4 is 5.32 Å². The Hall–Kier alpha value is -1.81. The molecule has 2 rings (SSSR count). The summed E-state index contributed by atoms with van der Waals surface area (Å²) in [5.41, 5.74) is 2.40. The van der Waals surface area contributed by atoms with Gasteiger partial charge in [-0.1, -0.05) is 6.07 Å². The van der Waals surface area contributed by atoms with Crippen molar-refractivity contribution in [2.75, 3.05) is 13.6 Å². The van der Waals surface area contributed by atoms with Crippen molar-refractivity contribution in [1.82, 2.24) is 10.3 Å². The molecule has 0 bridgehead atoms. The normalized spacial score (nSPS) is 10.8. The molecule has 1 aromatic heterocycles. The minimum Gasteiger partial charge on any atom is -0.478 e. The molecular formula is C12H14N2O2. The maximum absolute atomic E-state index is 10.8. The fraction of sp³-hybridized carbons (Fsp3) is 0.250. The molecule has 1 aromatic carbocycles. The highest BCUT2D eigenvalue weighted by Crippen LogP contribution is 2.20. The maximum Gasteiger partial charge on any atom is 0.335 e. The van der Waals surface area contributed by atoms with Crippen molar-refractivity contribution in [2.24, 2.45) is 0 Å². The molecular weight excluding hydrogens is 204 g/mol. The van der Waals surface area contributed by atoms with Crippen molar-refractivity contribution in [3.05, 3.63) is 35.5 Å². The highest BCUT2D eigenvalue weighted by Gasteiger charge is 2.07. The largest absolute Gasteiger partial charge is 0.478 e. The summed E-state index contributed by atoms with van der Waals surface area (Å²) in [6.07, 6.45) is 2.87. The lowest BCUT2D eigenvalue weighted by Crippen LogP contribution is -2.09. The first-order valence-corrected chi connectivity index (χ1v) is 5.20. The van der Waals surface area contributed by atoms with E-state index >= 15 is 0 Å². The Labute approximate surface area is 93.3 Å². The van der Waals surface area contributed by atoms with E-state index in [0.717, 1.165) is 23.9 Å². The standard InChI is InChI=1S/C12H14N2O2/c1-13-5-4-9-7-14-11-6-8(12(15)16)2-3-10(9)11/h2-3,6-7,13-14H,4-5H2,1H3,(H,15,16).